The van der Waals surface area contributed by atoms with Crippen molar-refractivity contribution in [1.29, 1.82) is 0 Å². The highest BCUT2D eigenvalue weighted by Crippen LogP contribution is 2.17. The minimum absolute atomic E-state index is 0.0987. The average Bonchev–Trinajstić information content (AvgIpc) is 3.49. The van der Waals surface area contributed by atoms with Crippen LogP contribution in [0.15, 0.2) is 134 Å². The second kappa shape index (κ2) is 70.0. The van der Waals surface area contributed by atoms with Gasteiger partial charge >= 0.3 is 17.9 Å². The highest BCUT2D eigenvalue weighted by Gasteiger charge is 2.19. The summed E-state index contributed by atoms with van der Waals surface area (Å²) in [7, 11) is 0. The van der Waals surface area contributed by atoms with Crippen LogP contribution in [0.5, 0.6) is 0 Å². The maximum atomic E-state index is 13.0. The van der Waals surface area contributed by atoms with Crippen LogP contribution in [-0.4, -0.2) is 37.2 Å². The summed E-state index contributed by atoms with van der Waals surface area (Å²) in [5.74, 6) is -0.953. The zero-order chi connectivity index (χ0) is 59.9. The molecule has 0 amide bonds. The van der Waals surface area contributed by atoms with Crippen LogP contribution in [0.3, 0.4) is 0 Å². The van der Waals surface area contributed by atoms with Crippen LogP contribution < -0.4 is 0 Å². The fraction of sp³-hybridized carbons (Fsp3) is 0.675. The Bertz CT molecular complexity index is 1750. The van der Waals surface area contributed by atoms with Crippen molar-refractivity contribution in [3.63, 3.8) is 0 Å². The number of hydrogen-bond acceptors (Lipinski definition) is 6. The van der Waals surface area contributed by atoms with Crippen molar-refractivity contribution in [2.75, 3.05) is 13.2 Å². The lowest BCUT2D eigenvalue weighted by Gasteiger charge is -2.18. The summed E-state index contributed by atoms with van der Waals surface area (Å²) in [5, 5.41) is 0. The smallest absolute Gasteiger partial charge is 0.306 e. The van der Waals surface area contributed by atoms with Gasteiger partial charge in [-0.2, -0.15) is 0 Å². The Balaban J connectivity index is 4.39. The summed E-state index contributed by atoms with van der Waals surface area (Å²) >= 11 is 0. The van der Waals surface area contributed by atoms with Gasteiger partial charge < -0.3 is 14.2 Å². The predicted molar refractivity (Wildman–Crippen MR) is 362 cm³/mol. The minimum Gasteiger partial charge on any atom is -0.462 e. The van der Waals surface area contributed by atoms with Gasteiger partial charge in [-0.05, 0) is 109 Å². The molecule has 0 N–H and O–H groups in total. The molecule has 0 spiro atoms. The van der Waals surface area contributed by atoms with Crippen LogP contribution in [0.4, 0.5) is 0 Å². The zero-order valence-electron chi connectivity index (χ0n) is 54.2. The van der Waals surface area contributed by atoms with Crippen LogP contribution in [0.2, 0.25) is 0 Å². The topological polar surface area (TPSA) is 78.9 Å². The molecule has 0 saturated heterocycles. The predicted octanol–water partition coefficient (Wildman–Crippen LogP) is 24.1. The maximum absolute atomic E-state index is 13.0. The monoisotopic (exact) mass is 1150 g/mol. The van der Waals surface area contributed by atoms with E-state index in [0.717, 1.165) is 116 Å². The molecule has 1 atom stereocenters. The van der Waals surface area contributed by atoms with Crippen molar-refractivity contribution < 1.29 is 28.6 Å². The molecule has 0 aliphatic carbocycles. The van der Waals surface area contributed by atoms with Gasteiger partial charge in [0.15, 0.2) is 6.10 Å². The fourth-order valence-corrected chi connectivity index (χ4v) is 9.54. The number of carbonyl (C=O) groups is 3. The van der Waals surface area contributed by atoms with E-state index in [1.54, 1.807) is 0 Å². The molecule has 0 aliphatic heterocycles. The van der Waals surface area contributed by atoms with Crippen molar-refractivity contribution in [1.82, 2.24) is 0 Å². The van der Waals surface area contributed by atoms with Gasteiger partial charge in [-0.1, -0.05) is 321 Å². The Morgan fingerprint density at radius 2 is 0.482 bits per heavy atom. The quantitative estimate of drug-likeness (QED) is 0.0261. The van der Waals surface area contributed by atoms with Gasteiger partial charge in [-0.3, -0.25) is 14.4 Å². The van der Waals surface area contributed by atoms with Crippen LogP contribution in [0.1, 0.15) is 316 Å². The van der Waals surface area contributed by atoms with Gasteiger partial charge in [0.25, 0.3) is 0 Å². The van der Waals surface area contributed by atoms with E-state index in [0.29, 0.717) is 19.3 Å². The van der Waals surface area contributed by atoms with E-state index in [-0.39, 0.29) is 37.5 Å². The molecular formula is C77H128O6. The lowest BCUT2D eigenvalue weighted by molar-refractivity contribution is -0.167. The maximum Gasteiger partial charge on any atom is 0.306 e. The molecule has 6 nitrogen and oxygen atoms in total. The molecular weight excluding hydrogens is 1020 g/mol. The Kier molecular flexibility index (Phi) is 66.3. The molecule has 0 aromatic heterocycles. The lowest BCUT2D eigenvalue weighted by atomic mass is 10.0. The normalized spacial score (nSPS) is 13.0. The Morgan fingerprint density at radius 1 is 0.253 bits per heavy atom. The van der Waals surface area contributed by atoms with Crippen LogP contribution >= 0.6 is 0 Å². The Morgan fingerprint density at radius 3 is 0.783 bits per heavy atom. The van der Waals surface area contributed by atoms with Crippen LogP contribution in [0, 0.1) is 0 Å². The molecule has 0 heterocycles. The standard InChI is InChI=1S/C77H128O6/c1-4-7-10-13-16-19-22-25-28-31-33-34-35-36-37-38-39-40-41-42-44-46-49-52-55-58-61-64-67-70-76(79)82-73-74(72-81-75(78)69-66-63-60-57-54-51-48-45-30-27-24-21-18-15-12-9-6-3)83-77(80)71-68-65-62-59-56-53-50-47-43-32-29-26-23-20-17-14-11-8-5-2/h7,9-10,12,16,18-19,21,25,27-28,30,33-34,36-37,39-40,48,51,57,60,74H,4-6,8,11,13-15,17,20,22-24,26,29,31-32,35,38,41-47,49-50,52-56,58-59,61-73H2,1-3H3/b10-7-,12-9-,19-16-,21-18-,28-25-,30-27-,34-33-,37-36-,40-39-,51-48-,60-57-. The summed E-state index contributed by atoms with van der Waals surface area (Å²) in [6, 6.07) is 0. The number of ether oxygens (including phenoxy) is 3. The van der Waals surface area contributed by atoms with Crippen molar-refractivity contribution >= 4 is 17.9 Å². The number of unbranched alkanes of at least 4 members (excludes halogenated alkanes) is 29. The molecule has 0 aliphatic rings. The SMILES string of the molecule is CC/C=C\C/C=C\C/C=C\C/C=C\C/C=C\C/C=C\CCCCCCCCCCCCC(=O)OCC(COC(=O)CCC/C=C\C/C=C\C/C=C\C/C=C\C/C=C\CC)OC(=O)CCCCCCCCCCCCCCCCCCCCC. The molecule has 0 aromatic rings. The van der Waals surface area contributed by atoms with E-state index >= 15 is 0 Å². The summed E-state index contributed by atoms with van der Waals surface area (Å²) in [6.07, 6.45) is 99.0. The molecule has 6 heteroatoms. The number of hydrogen-bond donors (Lipinski definition) is 0. The largest absolute Gasteiger partial charge is 0.462 e. The lowest BCUT2D eigenvalue weighted by Crippen LogP contribution is -2.30. The van der Waals surface area contributed by atoms with Crippen molar-refractivity contribution in [2.24, 2.45) is 0 Å². The Labute approximate surface area is 513 Å². The van der Waals surface area contributed by atoms with E-state index < -0.39 is 6.10 Å². The third-order valence-electron chi connectivity index (χ3n) is 14.7. The second-order valence-corrected chi connectivity index (χ2v) is 22.7. The van der Waals surface area contributed by atoms with E-state index in [9.17, 15) is 14.4 Å². The average molecular weight is 1150 g/mol. The van der Waals surface area contributed by atoms with Gasteiger partial charge in [-0.25, -0.2) is 0 Å². The van der Waals surface area contributed by atoms with Crippen molar-refractivity contribution in [3.05, 3.63) is 134 Å². The van der Waals surface area contributed by atoms with Gasteiger partial charge in [0.2, 0.25) is 0 Å². The minimum atomic E-state index is -0.807. The summed E-state index contributed by atoms with van der Waals surface area (Å²) in [6.45, 7) is 6.39. The van der Waals surface area contributed by atoms with E-state index in [4.69, 9.17) is 14.2 Å². The molecule has 472 valence electrons. The van der Waals surface area contributed by atoms with Gasteiger partial charge in [0.05, 0.1) is 0 Å². The summed E-state index contributed by atoms with van der Waals surface area (Å²) in [4.78, 5) is 38.4. The molecule has 0 fully saturated rings. The number of allylic oxidation sites excluding steroid dienone is 22. The van der Waals surface area contributed by atoms with E-state index in [1.807, 2.05) is 0 Å². The first kappa shape index (κ1) is 78.5. The first-order chi connectivity index (χ1) is 41.0. The van der Waals surface area contributed by atoms with Crippen molar-refractivity contribution in [2.45, 2.75) is 322 Å². The van der Waals surface area contributed by atoms with E-state index in [2.05, 4.69) is 154 Å². The van der Waals surface area contributed by atoms with Crippen molar-refractivity contribution in [3.8, 4) is 0 Å². The molecule has 0 bridgehead atoms. The molecule has 0 rings (SSSR count). The highest BCUT2D eigenvalue weighted by molar-refractivity contribution is 5.71. The molecule has 1 unspecified atom stereocenters. The molecule has 83 heavy (non-hydrogen) atoms. The zero-order valence-corrected chi connectivity index (χ0v) is 54.2. The molecule has 0 radical (unpaired) electrons. The van der Waals surface area contributed by atoms with E-state index in [1.165, 1.54) is 154 Å². The number of esters is 3. The van der Waals surface area contributed by atoms with Gasteiger partial charge in [-0.15, -0.1) is 0 Å². The first-order valence-electron chi connectivity index (χ1n) is 34.7. The van der Waals surface area contributed by atoms with Crippen LogP contribution in [-0.2, 0) is 28.6 Å². The third-order valence-corrected chi connectivity index (χ3v) is 14.7. The Hall–Kier alpha value is -4.45. The third kappa shape index (κ3) is 68.2. The van der Waals surface area contributed by atoms with Crippen LogP contribution in [0.25, 0.3) is 0 Å². The van der Waals surface area contributed by atoms with Gasteiger partial charge in [0.1, 0.15) is 13.2 Å². The summed E-state index contributed by atoms with van der Waals surface area (Å²) in [5.41, 5.74) is 0. The first-order valence-corrected chi connectivity index (χ1v) is 34.7. The molecule has 0 aromatic carbocycles. The molecule has 0 saturated carbocycles. The summed E-state index contributed by atoms with van der Waals surface area (Å²) < 4.78 is 16.9. The fourth-order valence-electron chi connectivity index (χ4n) is 9.54. The highest BCUT2D eigenvalue weighted by atomic mass is 16.6. The number of rotatable bonds is 62. The second-order valence-electron chi connectivity index (χ2n) is 22.7. The number of carbonyl (C=O) groups excluding carboxylic acids is 3. The van der Waals surface area contributed by atoms with Gasteiger partial charge in [0, 0.05) is 19.3 Å².